The van der Waals surface area contributed by atoms with Crippen molar-refractivity contribution >= 4 is 39.8 Å². The summed E-state index contributed by atoms with van der Waals surface area (Å²) in [5.41, 5.74) is 3.83. The number of hydrogen-bond donors (Lipinski definition) is 1. The van der Waals surface area contributed by atoms with Gasteiger partial charge in [0.05, 0.1) is 24.5 Å². The molecule has 0 bridgehead atoms. The molecule has 5 rings (SSSR count). The quantitative estimate of drug-likeness (QED) is 0.331. The van der Waals surface area contributed by atoms with Crippen LogP contribution in [0.25, 0.3) is 22.0 Å². The highest BCUT2D eigenvalue weighted by molar-refractivity contribution is 6.31. The molecule has 10 nitrogen and oxygen atoms in total. The number of halogens is 1. The fourth-order valence-electron chi connectivity index (χ4n) is 4.71. The first kappa shape index (κ1) is 26.5. The predicted octanol–water partition coefficient (Wildman–Crippen LogP) is 4.40. The van der Waals surface area contributed by atoms with Crippen molar-refractivity contribution in [2.75, 3.05) is 32.8 Å². The Morgan fingerprint density at radius 1 is 1.13 bits per heavy atom. The molecular formula is C28H28ClN5O5. The van der Waals surface area contributed by atoms with Gasteiger partial charge in [0.25, 0.3) is 5.56 Å². The van der Waals surface area contributed by atoms with Crippen molar-refractivity contribution in [3.8, 4) is 16.9 Å². The molecule has 0 spiro atoms. The number of carbonyl (C=O) groups excluding carboxylic acids is 1. The number of carbonyl (C=O) groups is 1. The zero-order valence-corrected chi connectivity index (χ0v) is 22.6. The molecule has 0 saturated carbocycles. The van der Waals surface area contributed by atoms with Crippen molar-refractivity contribution in [3.63, 3.8) is 0 Å². The summed E-state index contributed by atoms with van der Waals surface area (Å²) in [4.78, 5) is 32.2. The Kier molecular flexibility index (Phi) is 7.67. The summed E-state index contributed by atoms with van der Waals surface area (Å²) in [5, 5.41) is 12.8. The van der Waals surface area contributed by atoms with Gasteiger partial charge in [0.2, 0.25) is 5.91 Å². The molecule has 3 heterocycles. The van der Waals surface area contributed by atoms with Crippen LogP contribution in [0.4, 0.5) is 5.69 Å². The number of rotatable bonds is 9. The number of amides is 1. The number of fused-ring (bicyclic) bond motifs is 1. The standard InChI is InChI=1S/C28H28ClN5O5/c1-33-15-17-12-19(5-7-23(17)31-33)30-28(36)25(9-10-37-2)34-16-26(38-3)22(14-27(34)35)21-13-18(29)4-6-20(21)24-8-11-39-32-24/h4-7,12-16,25H,8-11H2,1-3H3,(H,30,36). The second kappa shape index (κ2) is 11.3. The van der Waals surface area contributed by atoms with Gasteiger partial charge in [-0.1, -0.05) is 22.8 Å². The molecule has 2 aromatic carbocycles. The van der Waals surface area contributed by atoms with E-state index in [1.807, 2.05) is 31.4 Å². The zero-order valence-electron chi connectivity index (χ0n) is 21.8. The molecule has 1 unspecified atom stereocenters. The lowest BCUT2D eigenvalue weighted by atomic mass is 9.95. The van der Waals surface area contributed by atoms with Crippen LogP contribution in [-0.4, -0.2) is 53.4 Å². The third kappa shape index (κ3) is 5.52. The summed E-state index contributed by atoms with van der Waals surface area (Å²) in [6.07, 6.45) is 4.34. The van der Waals surface area contributed by atoms with Gasteiger partial charge in [0, 0.05) is 73.1 Å². The molecule has 1 amide bonds. The van der Waals surface area contributed by atoms with E-state index in [1.54, 1.807) is 36.2 Å². The summed E-state index contributed by atoms with van der Waals surface area (Å²) in [5.74, 6) is 0.0535. The molecule has 2 aromatic heterocycles. The van der Waals surface area contributed by atoms with Crippen molar-refractivity contribution in [1.82, 2.24) is 14.3 Å². The number of aromatic nitrogens is 3. The minimum absolute atomic E-state index is 0.272. The van der Waals surface area contributed by atoms with Crippen molar-refractivity contribution in [2.24, 2.45) is 12.2 Å². The summed E-state index contributed by atoms with van der Waals surface area (Å²) in [6.45, 7) is 0.759. The lowest BCUT2D eigenvalue weighted by molar-refractivity contribution is -0.119. The molecule has 0 aliphatic carbocycles. The van der Waals surface area contributed by atoms with Crippen molar-refractivity contribution in [3.05, 3.63) is 75.8 Å². The van der Waals surface area contributed by atoms with Crippen LogP contribution < -0.4 is 15.6 Å². The molecule has 1 atom stereocenters. The Morgan fingerprint density at radius 2 is 1.97 bits per heavy atom. The number of oxime groups is 1. The number of nitrogens with one attached hydrogen (secondary N) is 1. The smallest absolute Gasteiger partial charge is 0.252 e. The first-order chi connectivity index (χ1) is 18.9. The fraction of sp³-hybridized carbons (Fsp3) is 0.286. The van der Waals surface area contributed by atoms with Crippen LogP contribution in [0.5, 0.6) is 5.75 Å². The molecule has 1 aliphatic heterocycles. The van der Waals surface area contributed by atoms with E-state index in [-0.39, 0.29) is 24.5 Å². The maximum Gasteiger partial charge on any atom is 0.252 e. The fourth-order valence-corrected chi connectivity index (χ4v) is 4.88. The van der Waals surface area contributed by atoms with E-state index in [0.717, 1.165) is 22.2 Å². The maximum absolute atomic E-state index is 13.5. The number of aryl methyl sites for hydroxylation is 1. The van der Waals surface area contributed by atoms with E-state index in [0.29, 0.717) is 40.6 Å². The number of nitrogens with zero attached hydrogens (tertiary/aromatic N) is 4. The SMILES string of the molecule is COCCC(C(=O)Nc1ccc2nn(C)cc2c1)n1cc(OC)c(-c2cc(Cl)ccc2C2=NOCC2)cc1=O. The van der Waals surface area contributed by atoms with Crippen LogP contribution in [0, 0.1) is 0 Å². The van der Waals surface area contributed by atoms with Gasteiger partial charge >= 0.3 is 0 Å². The number of pyridine rings is 1. The predicted molar refractivity (Wildman–Crippen MR) is 150 cm³/mol. The van der Waals surface area contributed by atoms with Gasteiger partial charge in [-0.05, 0) is 35.9 Å². The molecule has 202 valence electrons. The van der Waals surface area contributed by atoms with Crippen LogP contribution in [0.3, 0.4) is 0 Å². The van der Waals surface area contributed by atoms with E-state index in [2.05, 4.69) is 15.6 Å². The van der Waals surface area contributed by atoms with Gasteiger partial charge in [0.1, 0.15) is 18.4 Å². The molecule has 4 aromatic rings. The number of ether oxygens (including phenoxy) is 2. The molecule has 39 heavy (non-hydrogen) atoms. The molecule has 0 fully saturated rings. The first-order valence-electron chi connectivity index (χ1n) is 12.4. The van der Waals surface area contributed by atoms with Gasteiger partial charge < -0.3 is 19.6 Å². The van der Waals surface area contributed by atoms with E-state index in [9.17, 15) is 9.59 Å². The highest BCUT2D eigenvalue weighted by atomic mass is 35.5. The minimum atomic E-state index is -0.851. The highest BCUT2D eigenvalue weighted by Crippen LogP contribution is 2.35. The lowest BCUT2D eigenvalue weighted by Crippen LogP contribution is -2.34. The number of hydrogen-bond acceptors (Lipinski definition) is 7. The average molecular weight is 550 g/mol. The molecule has 1 N–H and O–H groups in total. The molecule has 0 saturated heterocycles. The van der Waals surface area contributed by atoms with Crippen LogP contribution in [-0.2, 0) is 21.4 Å². The topological polar surface area (TPSA) is 109 Å². The van der Waals surface area contributed by atoms with E-state index >= 15 is 0 Å². The Morgan fingerprint density at radius 3 is 2.72 bits per heavy atom. The van der Waals surface area contributed by atoms with E-state index in [1.165, 1.54) is 17.7 Å². The van der Waals surface area contributed by atoms with Gasteiger partial charge in [-0.15, -0.1) is 0 Å². The largest absolute Gasteiger partial charge is 0.495 e. The Hall–Kier alpha value is -4.15. The molecule has 0 radical (unpaired) electrons. The summed E-state index contributed by atoms with van der Waals surface area (Å²) < 4.78 is 14.0. The minimum Gasteiger partial charge on any atom is -0.495 e. The highest BCUT2D eigenvalue weighted by Gasteiger charge is 2.25. The number of benzene rings is 2. The zero-order chi connectivity index (χ0) is 27.5. The second-order valence-corrected chi connectivity index (χ2v) is 9.61. The van der Waals surface area contributed by atoms with E-state index < -0.39 is 6.04 Å². The molecule has 11 heteroatoms. The van der Waals surface area contributed by atoms with Crippen LogP contribution in [0.15, 0.2) is 64.8 Å². The Balaban J connectivity index is 1.53. The van der Waals surface area contributed by atoms with E-state index in [4.69, 9.17) is 25.9 Å². The number of anilines is 1. The van der Waals surface area contributed by atoms with Crippen LogP contribution in [0.2, 0.25) is 5.02 Å². The lowest BCUT2D eigenvalue weighted by Gasteiger charge is -2.21. The second-order valence-electron chi connectivity index (χ2n) is 9.17. The van der Waals surface area contributed by atoms with Gasteiger partial charge in [0.15, 0.2) is 0 Å². The third-order valence-electron chi connectivity index (χ3n) is 6.57. The first-order valence-corrected chi connectivity index (χ1v) is 12.8. The monoisotopic (exact) mass is 549 g/mol. The number of methoxy groups -OCH3 is 2. The average Bonchev–Trinajstić information content (AvgIpc) is 3.58. The van der Waals surface area contributed by atoms with Crippen molar-refractivity contribution < 1.29 is 19.1 Å². The summed E-state index contributed by atoms with van der Waals surface area (Å²) in [7, 11) is 4.90. The van der Waals surface area contributed by atoms with Gasteiger partial charge in [-0.25, -0.2) is 0 Å². The van der Waals surface area contributed by atoms with Crippen molar-refractivity contribution in [2.45, 2.75) is 18.9 Å². The van der Waals surface area contributed by atoms with Crippen LogP contribution in [0.1, 0.15) is 24.4 Å². The third-order valence-corrected chi connectivity index (χ3v) is 6.81. The van der Waals surface area contributed by atoms with Crippen molar-refractivity contribution in [1.29, 1.82) is 0 Å². The summed E-state index contributed by atoms with van der Waals surface area (Å²) in [6, 6.07) is 11.5. The summed E-state index contributed by atoms with van der Waals surface area (Å²) >= 11 is 6.34. The van der Waals surface area contributed by atoms with Gasteiger partial charge in [-0.3, -0.25) is 18.8 Å². The van der Waals surface area contributed by atoms with Crippen LogP contribution >= 0.6 is 11.6 Å². The maximum atomic E-state index is 13.5. The molecule has 1 aliphatic rings. The Labute approximate surface area is 229 Å². The molecular weight excluding hydrogens is 522 g/mol. The van der Waals surface area contributed by atoms with Gasteiger partial charge in [-0.2, -0.15) is 5.10 Å². The Bertz CT molecular complexity index is 1630. The normalized spacial score (nSPS) is 13.7.